The molecule has 4 rings (SSSR count). The van der Waals surface area contributed by atoms with E-state index in [-0.39, 0.29) is 5.91 Å². The molecule has 1 heterocycles. The van der Waals surface area contributed by atoms with Crippen LogP contribution in [0.3, 0.4) is 0 Å². The van der Waals surface area contributed by atoms with Crippen LogP contribution in [0.2, 0.25) is 0 Å². The number of halogens is 1. The number of rotatable bonds is 4. The number of aryl methyl sites for hydroxylation is 2. The summed E-state index contributed by atoms with van der Waals surface area (Å²) in [7, 11) is 0. The molecule has 5 heteroatoms. The van der Waals surface area contributed by atoms with Gasteiger partial charge in [0.25, 0.3) is 5.91 Å². The van der Waals surface area contributed by atoms with Gasteiger partial charge < -0.3 is 0 Å². The summed E-state index contributed by atoms with van der Waals surface area (Å²) in [4.78, 5) is 19.6. The van der Waals surface area contributed by atoms with E-state index in [2.05, 4.69) is 6.07 Å². The van der Waals surface area contributed by atoms with Crippen LogP contribution in [0.5, 0.6) is 0 Å². The van der Waals surface area contributed by atoms with Gasteiger partial charge in [0, 0.05) is 5.56 Å². The SMILES string of the molecule is Cc1cc(C)c2sc(N(Cc3ccccc3)C(=O)c3cccc(F)c3)nc2c1. The van der Waals surface area contributed by atoms with Crippen LogP contribution in [0.4, 0.5) is 9.52 Å². The van der Waals surface area contributed by atoms with Crippen molar-refractivity contribution in [2.45, 2.75) is 20.4 Å². The number of anilines is 1. The second-order valence-electron chi connectivity index (χ2n) is 6.81. The van der Waals surface area contributed by atoms with Gasteiger partial charge in [0.15, 0.2) is 5.13 Å². The van der Waals surface area contributed by atoms with Crippen molar-refractivity contribution in [1.82, 2.24) is 4.98 Å². The fourth-order valence-corrected chi connectivity index (χ4v) is 4.26. The molecule has 0 radical (unpaired) electrons. The largest absolute Gasteiger partial charge is 0.279 e. The van der Waals surface area contributed by atoms with Crippen LogP contribution in [-0.2, 0) is 6.54 Å². The van der Waals surface area contributed by atoms with E-state index in [9.17, 15) is 9.18 Å². The van der Waals surface area contributed by atoms with Gasteiger partial charge in [0.1, 0.15) is 5.82 Å². The first kappa shape index (κ1) is 18.3. The monoisotopic (exact) mass is 390 g/mol. The lowest BCUT2D eigenvalue weighted by Gasteiger charge is -2.20. The Morgan fingerprint density at radius 3 is 2.57 bits per heavy atom. The molecule has 0 aliphatic carbocycles. The van der Waals surface area contributed by atoms with Crippen molar-refractivity contribution >= 4 is 32.6 Å². The Hall–Kier alpha value is -3.05. The molecule has 0 fully saturated rings. The minimum absolute atomic E-state index is 0.267. The molecule has 28 heavy (non-hydrogen) atoms. The molecule has 0 N–H and O–H groups in total. The lowest BCUT2D eigenvalue weighted by Crippen LogP contribution is -2.30. The fourth-order valence-electron chi connectivity index (χ4n) is 3.25. The minimum atomic E-state index is -0.429. The summed E-state index contributed by atoms with van der Waals surface area (Å²) in [6.07, 6.45) is 0. The second kappa shape index (κ2) is 7.52. The van der Waals surface area contributed by atoms with Gasteiger partial charge in [-0.05, 0) is 54.8 Å². The Bertz CT molecular complexity index is 1150. The first-order chi connectivity index (χ1) is 13.5. The van der Waals surface area contributed by atoms with E-state index in [1.54, 1.807) is 17.0 Å². The molecule has 1 aromatic heterocycles. The summed E-state index contributed by atoms with van der Waals surface area (Å²) in [5.74, 6) is -0.696. The minimum Gasteiger partial charge on any atom is -0.279 e. The number of aromatic nitrogens is 1. The highest BCUT2D eigenvalue weighted by molar-refractivity contribution is 7.22. The average molecular weight is 390 g/mol. The number of thiazole rings is 1. The highest BCUT2D eigenvalue weighted by atomic mass is 32.1. The molecule has 3 nitrogen and oxygen atoms in total. The van der Waals surface area contributed by atoms with Gasteiger partial charge in [-0.15, -0.1) is 0 Å². The number of amides is 1. The van der Waals surface area contributed by atoms with E-state index in [4.69, 9.17) is 4.98 Å². The van der Waals surface area contributed by atoms with Gasteiger partial charge in [-0.25, -0.2) is 9.37 Å². The van der Waals surface area contributed by atoms with Crippen molar-refractivity contribution in [1.29, 1.82) is 0 Å². The summed E-state index contributed by atoms with van der Waals surface area (Å²) < 4.78 is 14.8. The molecule has 0 aliphatic rings. The second-order valence-corrected chi connectivity index (χ2v) is 7.79. The third-order valence-corrected chi connectivity index (χ3v) is 5.77. The van der Waals surface area contributed by atoms with Gasteiger partial charge >= 0.3 is 0 Å². The standard InChI is InChI=1S/C23H19FN2OS/c1-15-11-16(2)21-20(12-15)25-23(28-21)26(14-17-7-4-3-5-8-17)22(27)18-9-6-10-19(24)13-18/h3-13H,14H2,1-2H3. The van der Waals surface area contributed by atoms with Crippen molar-refractivity contribution in [2.24, 2.45) is 0 Å². The molecule has 0 aliphatic heterocycles. The number of hydrogen-bond donors (Lipinski definition) is 0. The molecule has 0 saturated heterocycles. The van der Waals surface area contributed by atoms with E-state index in [0.29, 0.717) is 17.2 Å². The normalized spacial score (nSPS) is 11.0. The van der Waals surface area contributed by atoms with Crippen molar-refractivity contribution in [3.8, 4) is 0 Å². The summed E-state index contributed by atoms with van der Waals surface area (Å²) in [6.45, 7) is 4.45. The first-order valence-electron chi connectivity index (χ1n) is 9.00. The third kappa shape index (κ3) is 3.66. The zero-order chi connectivity index (χ0) is 19.7. The number of hydrogen-bond acceptors (Lipinski definition) is 3. The van der Waals surface area contributed by atoms with Crippen LogP contribution in [0.15, 0.2) is 66.7 Å². The van der Waals surface area contributed by atoms with Crippen LogP contribution in [0.1, 0.15) is 27.0 Å². The Morgan fingerprint density at radius 1 is 1.04 bits per heavy atom. The highest BCUT2D eigenvalue weighted by Gasteiger charge is 2.22. The van der Waals surface area contributed by atoms with Gasteiger partial charge in [0.2, 0.25) is 0 Å². The third-order valence-electron chi connectivity index (χ3n) is 4.54. The van der Waals surface area contributed by atoms with E-state index in [1.807, 2.05) is 50.2 Å². The van der Waals surface area contributed by atoms with Crippen molar-refractivity contribution in [3.63, 3.8) is 0 Å². The molecule has 0 atom stereocenters. The molecule has 3 aromatic carbocycles. The number of carbonyl (C=O) groups excluding carboxylic acids is 1. The zero-order valence-corrected chi connectivity index (χ0v) is 16.5. The van der Waals surface area contributed by atoms with Crippen molar-refractivity contribution in [2.75, 3.05) is 4.90 Å². The quantitative estimate of drug-likeness (QED) is 0.435. The topological polar surface area (TPSA) is 33.2 Å². The van der Waals surface area contributed by atoms with E-state index in [1.165, 1.54) is 23.5 Å². The number of nitrogens with zero attached hydrogens (tertiary/aromatic N) is 2. The molecule has 1 amide bonds. The number of fused-ring (bicyclic) bond motifs is 1. The van der Waals surface area contributed by atoms with E-state index in [0.717, 1.165) is 26.9 Å². The Balaban J connectivity index is 1.80. The van der Waals surface area contributed by atoms with Crippen LogP contribution >= 0.6 is 11.3 Å². The van der Waals surface area contributed by atoms with Crippen molar-refractivity contribution < 1.29 is 9.18 Å². The summed E-state index contributed by atoms with van der Waals surface area (Å²) in [5.41, 5.74) is 4.44. The Morgan fingerprint density at radius 2 is 1.82 bits per heavy atom. The molecule has 0 bridgehead atoms. The van der Waals surface area contributed by atoms with E-state index < -0.39 is 5.82 Å². The molecule has 4 aromatic rings. The number of carbonyl (C=O) groups is 1. The first-order valence-corrected chi connectivity index (χ1v) is 9.82. The predicted octanol–water partition coefficient (Wildman–Crippen LogP) is 5.90. The zero-order valence-electron chi connectivity index (χ0n) is 15.6. The predicted molar refractivity (Wildman–Crippen MR) is 112 cm³/mol. The maximum absolute atomic E-state index is 13.7. The lowest BCUT2D eigenvalue weighted by molar-refractivity contribution is 0.0984. The van der Waals surface area contributed by atoms with Crippen LogP contribution in [0, 0.1) is 19.7 Å². The maximum atomic E-state index is 13.7. The van der Waals surface area contributed by atoms with E-state index >= 15 is 0 Å². The Kier molecular flexibility index (Phi) is 4.92. The average Bonchev–Trinajstić information content (AvgIpc) is 3.10. The smallest absolute Gasteiger partial charge is 0.260 e. The number of benzene rings is 3. The Labute approximate surface area is 167 Å². The fraction of sp³-hybridized carbons (Fsp3) is 0.130. The van der Waals surface area contributed by atoms with Crippen LogP contribution in [-0.4, -0.2) is 10.9 Å². The molecular weight excluding hydrogens is 371 g/mol. The molecule has 140 valence electrons. The van der Waals surface area contributed by atoms with Gasteiger partial charge in [-0.2, -0.15) is 0 Å². The van der Waals surface area contributed by atoms with Gasteiger partial charge in [-0.1, -0.05) is 53.8 Å². The molecule has 0 saturated carbocycles. The molecular formula is C23H19FN2OS. The summed E-state index contributed by atoms with van der Waals surface area (Å²) in [5, 5.41) is 0.613. The lowest BCUT2D eigenvalue weighted by atomic mass is 10.1. The van der Waals surface area contributed by atoms with Crippen molar-refractivity contribution in [3.05, 3.63) is 94.8 Å². The van der Waals surface area contributed by atoms with Gasteiger partial charge in [-0.3, -0.25) is 9.69 Å². The highest BCUT2D eigenvalue weighted by Crippen LogP contribution is 2.33. The van der Waals surface area contributed by atoms with Crippen LogP contribution < -0.4 is 4.90 Å². The maximum Gasteiger partial charge on any atom is 0.260 e. The molecule has 0 spiro atoms. The van der Waals surface area contributed by atoms with Gasteiger partial charge in [0.05, 0.1) is 16.8 Å². The molecule has 0 unspecified atom stereocenters. The summed E-state index contributed by atoms with van der Waals surface area (Å²) >= 11 is 1.49. The van der Waals surface area contributed by atoms with Crippen LogP contribution in [0.25, 0.3) is 10.2 Å². The summed E-state index contributed by atoms with van der Waals surface area (Å²) in [6, 6.07) is 19.7.